The van der Waals surface area contributed by atoms with Crippen LogP contribution in [0, 0.1) is 6.92 Å². The number of hydrogen-bond acceptors (Lipinski definition) is 4. The minimum absolute atomic E-state index is 0.0636. The fourth-order valence-electron chi connectivity index (χ4n) is 4.28. The van der Waals surface area contributed by atoms with Crippen molar-refractivity contribution in [3.8, 4) is 11.3 Å². The molecule has 0 N–H and O–H groups in total. The van der Waals surface area contributed by atoms with Gasteiger partial charge in [0, 0.05) is 24.7 Å². The summed E-state index contributed by atoms with van der Waals surface area (Å²) in [6.45, 7) is 5.82. The Hall–Kier alpha value is -2.14. The van der Waals surface area contributed by atoms with Crippen molar-refractivity contribution in [2.24, 2.45) is 0 Å². The first-order valence-electron chi connectivity index (χ1n) is 9.79. The first-order valence-corrected chi connectivity index (χ1v) is 9.79. The Labute approximate surface area is 155 Å². The highest BCUT2D eigenvalue weighted by Crippen LogP contribution is 2.28. The van der Waals surface area contributed by atoms with E-state index in [0.29, 0.717) is 23.1 Å². The first kappa shape index (κ1) is 17.3. The summed E-state index contributed by atoms with van der Waals surface area (Å²) >= 11 is 0. The molecule has 2 fully saturated rings. The number of carbonyl (C=O) groups excluding carboxylic acids is 1. The molecule has 1 aromatic heterocycles. The standard InChI is InChI=1S/C21H27N3O2/c1-16-19(20(22-26-16)17-9-3-2-4-10-17)21(25)24-14-6-5-11-18(15-24)23-12-7-8-13-23/h2-4,9-10,18H,5-8,11-15H2,1H3. The molecule has 138 valence electrons. The fraction of sp³-hybridized carbons (Fsp3) is 0.524. The van der Waals surface area contributed by atoms with Crippen molar-refractivity contribution >= 4 is 5.91 Å². The highest BCUT2D eigenvalue weighted by molar-refractivity contribution is 6.00. The molecular weight excluding hydrogens is 326 g/mol. The Bertz CT molecular complexity index is 750. The van der Waals surface area contributed by atoms with Gasteiger partial charge in [0.05, 0.1) is 0 Å². The van der Waals surface area contributed by atoms with Crippen LogP contribution in [0.4, 0.5) is 0 Å². The summed E-state index contributed by atoms with van der Waals surface area (Å²) in [5.41, 5.74) is 2.21. The van der Waals surface area contributed by atoms with Crippen LogP contribution >= 0.6 is 0 Å². The number of amides is 1. The van der Waals surface area contributed by atoms with E-state index in [4.69, 9.17) is 4.52 Å². The van der Waals surface area contributed by atoms with Gasteiger partial charge in [0.1, 0.15) is 17.0 Å². The molecule has 1 atom stereocenters. The maximum Gasteiger partial charge on any atom is 0.259 e. The van der Waals surface area contributed by atoms with E-state index in [-0.39, 0.29) is 5.91 Å². The maximum absolute atomic E-state index is 13.4. The summed E-state index contributed by atoms with van der Waals surface area (Å²) in [6.07, 6.45) is 6.03. The number of aromatic nitrogens is 1. The van der Waals surface area contributed by atoms with E-state index in [0.717, 1.165) is 25.1 Å². The SMILES string of the molecule is Cc1onc(-c2ccccc2)c1C(=O)N1CCCCC(N2CCCC2)C1. The first-order chi connectivity index (χ1) is 12.7. The Morgan fingerprint density at radius 1 is 1.08 bits per heavy atom. The quantitative estimate of drug-likeness (QED) is 0.843. The summed E-state index contributed by atoms with van der Waals surface area (Å²) in [4.78, 5) is 18.0. The minimum Gasteiger partial charge on any atom is -0.360 e. The second-order valence-electron chi connectivity index (χ2n) is 7.47. The van der Waals surface area contributed by atoms with Gasteiger partial charge in [-0.25, -0.2) is 0 Å². The Morgan fingerprint density at radius 2 is 1.81 bits per heavy atom. The second-order valence-corrected chi connectivity index (χ2v) is 7.47. The number of likely N-dealkylation sites (tertiary alicyclic amines) is 2. The highest BCUT2D eigenvalue weighted by atomic mass is 16.5. The summed E-state index contributed by atoms with van der Waals surface area (Å²) in [5.74, 6) is 0.671. The molecule has 0 spiro atoms. The van der Waals surface area contributed by atoms with Crippen molar-refractivity contribution in [1.29, 1.82) is 0 Å². The van der Waals surface area contributed by atoms with Gasteiger partial charge in [-0.1, -0.05) is 41.9 Å². The molecular formula is C21H27N3O2. The zero-order valence-corrected chi connectivity index (χ0v) is 15.5. The predicted octanol–water partition coefficient (Wildman–Crippen LogP) is 3.74. The largest absolute Gasteiger partial charge is 0.360 e. The van der Waals surface area contributed by atoms with Crippen molar-refractivity contribution in [2.75, 3.05) is 26.2 Å². The molecule has 26 heavy (non-hydrogen) atoms. The summed E-state index contributed by atoms with van der Waals surface area (Å²) < 4.78 is 5.41. The van der Waals surface area contributed by atoms with Gasteiger partial charge in [-0.05, 0) is 45.7 Å². The normalized spacial score (nSPS) is 21.7. The number of rotatable bonds is 3. The van der Waals surface area contributed by atoms with Crippen molar-refractivity contribution in [3.63, 3.8) is 0 Å². The van der Waals surface area contributed by atoms with Gasteiger partial charge in [0.15, 0.2) is 0 Å². The zero-order chi connectivity index (χ0) is 17.9. The molecule has 3 heterocycles. The van der Waals surface area contributed by atoms with E-state index in [2.05, 4.69) is 10.1 Å². The molecule has 0 radical (unpaired) electrons. The summed E-state index contributed by atoms with van der Waals surface area (Å²) in [7, 11) is 0. The molecule has 1 aromatic carbocycles. The van der Waals surface area contributed by atoms with Crippen molar-refractivity contribution in [2.45, 2.75) is 45.1 Å². The van der Waals surface area contributed by atoms with E-state index >= 15 is 0 Å². The highest BCUT2D eigenvalue weighted by Gasteiger charge is 2.31. The van der Waals surface area contributed by atoms with Gasteiger partial charge < -0.3 is 9.42 Å². The molecule has 1 amide bonds. The number of benzene rings is 1. The lowest BCUT2D eigenvalue weighted by atomic mass is 10.0. The number of nitrogens with zero attached hydrogens (tertiary/aromatic N) is 3. The van der Waals surface area contributed by atoms with Crippen LogP contribution in [-0.2, 0) is 0 Å². The third-order valence-electron chi connectivity index (χ3n) is 5.71. The lowest BCUT2D eigenvalue weighted by Crippen LogP contribution is -2.44. The molecule has 2 aliphatic heterocycles. The van der Waals surface area contributed by atoms with Crippen LogP contribution in [0.2, 0.25) is 0 Å². The van der Waals surface area contributed by atoms with Crippen LogP contribution in [0.15, 0.2) is 34.9 Å². The molecule has 0 aliphatic carbocycles. The van der Waals surface area contributed by atoms with E-state index < -0.39 is 0 Å². The van der Waals surface area contributed by atoms with Gasteiger partial charge in [-0.15, -0.1) is 0 Å². The van der Waals surface area contributed by atoms with Gasteiger partial charge in [0.25, 0.3) is 5.91 Å². The van der Waals surface area contributed by atoms with E-state index in [9.17, 15) is 4.79 Å². The van der Waals surface area contributed by atoms with Crippen LogP contribution in [0.5, 0.6) is 0 Å². The van der Waals surface area contributed by atoms with Crippen LogP contribution in [0.1, 0.15) is 48.2 Å². The molecule has 0 saturated carbocycles. The van der Waals surface area contributed by atoms with Gasteiger partial charge in [-0.2, -0.15) is 0 Å². The summed E-state index contributed by atoms with van der Waals surface area (Å²) in [6, 6.07) is 10.3. The maximum atomic E-state index is 13.4. The number of hydrogen-bond donors (Lipinski definition) is 0. The van der Waals surface area contributed by atoms with Crippen LogP contribution in [-0.4, -0.2) is 53.1 Å². The second kappa shape index (κ2) is 7.62. The summed E-state index contributed by atoms with van der Waals surface area (Å²) in [5, 5.41) is 4.19. The van der Waals surface area contributed by atoms with Crippen LogP contribution in [0.3, 0.4) is 0 Å². The Kier molecular flexibility index (Phi) is 5.07. The minimum atomic E-state index is 0.0636. The van der Waals surface area contributed by atoms with Gasteiger partial charge >= 0.3 is 0 Å². The van der Waals surface area contributed by atoms with Crippen LogP contribution < -0.4 is 0 Å². The predicted molar refractivity (Wildman–Crippen MR) is 101 cm³/mol. The molecule has 1 unspecified atom stereocenters. The van der Waals surface area contributed by atoms with Crippen molar-refractivity contribution < 1.29 is 9.32 Å². The number of aryl methyl sites for hydroxylation is 1. The third kappa shape index (κ3) is 3.40. The molecule has 2 saturated heterocycles. The van der Waals surface area contributed by atoms with E-state index in [1.807, 2.05) is 42.2 Å². The van der Waals surface area contributed by atoms with Crippen LogP contribution in [0.25, 0.3) is 11.3 Å². The smallest absolute Gasteiger partial charge is 0.259 e. The molecule has 2 aliphatic rings. The lowest BCUT2D eigenvalue weighted by Gasteiger charge is -2.30. The zero-order valence-electron chi connectivity index (χ0n) is 15.5. The van der Waals surface area contributed by atoms with Gasteiger partial charge in [-0.3, -0.25) is 9.69 Å². The third-order valence-corrected chi connectivity index (χ3v) is 5.71. The Morgan fingerprint density at radius 3 is 2.58 bits per heavy atom. The van der Waals surface area contributed by atoms with Crippen molar-refractivity contribution in [1.82, 2.24) is 15.0 Å². The molecule has 4 rings (SSSR count). The Balaban J connectivity index is 1.59. The average Bonchev–Trinajstić information content (AvgIpc) is 3.26. The van der Waals surface area contributed by atoms with E-state index in [1.54, 1.807) is 0 Å². The fourth-order valence-corrected chi connectivity index (χ4v) is 4.28. The topological polar surface area (TPSA) is 49.6 Å². The monoisotopic (exact) mass is 353 g/mol. The molecule has 5 nitrogen and oxygen atoms in total. The lowest BCUT2D eigenvalue weighted by molar-refractivity contribution is 0.0713. The molecule has 0 bridgehead atoms. The van der Waals surface area contributed by atoms with E-state index in [1.165, 1.54) is 38.8 Å². The molecule has 2 aromatic rings. The molecule has 5 heteroatoms. The average molecular weight is 353 g/mol. The van der Waals surface area contributed by atoms with Crippen molar-refractivity contribution in [3.05, 3.63) is 41.7 Å². The number of carbonyl (C=O) groups is 1. The van der Waals surface area contributed by atoms with Gasteiger partial charge in [0.2, 0.25) is 0 Å².